The van der Waals surface area contributed by atoms with Crippen molar-refractivity contribution < 1.29 is 37.0 Å². The molecule has 2 aromatic carbocycles. The van der Waals surface area contributed by atoms with E-state index in [1.54, 1.807) is 18.2 Å². The van der Waals surface area contributed by atoms with E-state index < -0.39 is 28.0 Å². The van der Waals surface area contributed by atoms with Gasteiger partial charge in [-0.05, 0) is 55.5 Å². The van der Waals surface area contributed by atoms with Crippen molar-refractivity contribution in [2.45, 2.75) is 17.9 Å². The Morgan fingerprint density at radius 1 is 1.06 bits per heavy atom. The van der Waals surface area contributed by atoms with E-state index in [0.717, 1.165) is 0 Å². The first-order chi connectivity index (χ1) is 16.7. The molecule has 35 heavy (non-hydrogen) atoms. The SMILES string of the molecule is COc1ccc(OC)c(C=CC(=O)OC(C)C(=O)Nc2ccc(S(=O)(=O)N3CCOCC3)cc2)c1. The summed E-state index contributed by atoms with van der Waals surface area (Å²) in [6.07, 6.45) is 1.60. The van der Waals surface area contributed by atoms with Gasteiger partial charge in [-0.25, -0.2) is 13.2 Å². The average molecular weight is 505 g/mol. The van der Waals surface area contributed by atoms with Crippen molar-refractivity contribution in [3.05, 3.63) is 54.1 Å². The molecule has 1 heterocycles. The van der Waals surface area contributed by atoms with E-state index in [1.807, 2.05) is 0 Å². The molecule has 1 fully saturated rings. The van der Waals surface area contributed by atoms with Gasteiger partial charge in [0.1, 0.15) is 11.5 Å². The summed E-state index contributed by atoms with van der Waals surface area (Å²) < 4.78 is 47.5. The average Bonchev–Trinajstić information content (AvgIpc) is 2.88. The highest BCUT2D eigenvalue weighted by molar-refractivity contribution is 7.89. The highest BCUT2D eigenvalue weighted by Crippen LogP contribution is 2.25. The zero-order valence-electron chi connectivity index (χ0n) is 19.7. The van der Waals surface area contributed by atoms with Crippen LogP contribution in [0.5, 0.6) is 11.5 Å². The number of esters is 1. The number of nitrogens with one attached hydrogen (secondary N) is 1. The minimum absolute atomic E-state index is 0.120. The van der Waals surface area contributed by atoms with Crippen molar-refractivity contribution in [2.75, 3.05) is 45.8 Å². The van der Waals surface area contributed by atoms with Gasteiger partial charge in [0.2, 0.25) is 10.0 Å². The summed E-state index contributed by atoms with van der Waals surface area (Å²) in [6, 6.07) is 10.9. The second-order valence-electron chi connectivity index (χ2n) is 7.55. The van der Waals surface area contributed by atoms with Crippen molar-refractivity contribution in [3.63, 3.8) is 0 Å². The molecule has 0 aromatic heterocycles. The largest absolute Gasteiger partial charge is 0.497 e. The molecule has 0 aliphatic carbocycles. The lowest BCUT2D eigenvalue weighted by atomic mass is 10.1. The van der Waals surface area contributed by atoms with Gasteiger partial charge >= 0.3 is 5.97 Å². The number of carbonyl (C=O) groups is 2. The van der Waals surface area contributed by atoms with Crippen molar-refractivity contribution in [3.8, 4) is 11.5 Å². The zero-order chi connectivity index (χ0) is 25.4. The number of benzene rings is 2. The minimum atomic E-state index is -3.63. The number of nitrogens with zero attached hydrogens (tertiary/aromatic N) is 1. The van der Waals surface area contributed by atoms with Crippen molar-refractivity contribution >= 4 is 33.7 Å². The molecule has 1 aliphatic rings. The minimum Gasteiger partial charge on any atom is -0.497 e. The third-order valence-electron chi connectivity index (χ3n) is 5.23. The lowest BCUT2D eigenvalue weighted by Crippen LogP contribution is -2.40. The topological polar surface area (TPSA) is 120 Å². The van der Waals surface area contributed by atoms with Gasteiger partial charge in [-0.1, -0.05) is 0 Å². The van der Waals surface area contributed by atoms with Crippen LogP contribution in [0.1, 0.15) is 12.5 Å². The predicted molar refractivity (Wildman–Crippen MR) is 129 cm³/mol. The van der Waals surface area contributed by atoms with Crippen LogP contribution in [-0.4, -0.2) is 71.2 Å². The smallest absolute Gasteiger partial charge is 0.331 e. The van der Waals surface area contributed by atoms with Gasteiger partial charge in [0, 0.05) is 30.4 Å². The molecule has 0 radical (unpaired) electrons. The lowest BCUT2D eigenvalue weighted by molar-refractivity contribution is -0.148. The fourth-order valence-electron chi connectivity index (χ4n) is 3.28. The van der Waals surface area contributed by atoms with Gasteiger partial charge in [-0.3, -0.25) is 4.79 Å². The van der Waals surface area contributed by atoms with Crippen LogP contribution >= 0.6 is 0 Å². The Hall–Kier alpha value is -3.41. The third kappa shape index (κ3) is 6.81. The number of hydrogen-bond donors (Lipinski definition) is 1. The summed E-state index contributed by atoms with van der Waals surface area (Å²) in [5.41, 5.74) is 0.975. The molecule has 188 valence electrons. The van der Waals surface area contributed by atoms with E-state index in [0.29, 0.717) is 49.1 Å². The van der Waals surface area contributed by atoms with Gasteiger partial charge in [0.05, 0.1) is 32.3 Å². The summed E-state index contributed by atoms with van der Waals surface area (Å²) >= 11 is 0. The van der Waals surface area contributed by atoms with Gasteiger partial charge < -0.3 is 24.3 Å². The van der Waals surface area contributed by atoms with Crippen LogP contribution in [0.2, 0.25) is 0 Å². The van der Waals surface area contributed by atoms with Crippen LogP contribution < -0.4 is 14.8 Å². The third-order valence-corrected chi connectivity index (χ3v) is 7.14. The number of sulfonamides is 1. The number of anilines is 1. The molecule has 0 bridgehead atoms. The number of amides is 1. The summed E-state index contributed by atoms with van der Waals surface area (Å²) in [6.45, 7) is 2.73. The standard InChI is InChI=1S/C24H28N2O8S/c1-17(34-23(27)11-4-18-16-20(31-2)7-10-22(18)32-3)24(28)25-19-5-8-21(9-6-19)35(29,30)26-12-14-33-15-13-26/h4-11,16-17H,12-15H2,1-3H3,(H,25,28). The number of methoxy groups -OCH3 is 2. The highest BCUT2D eigenvalue weighted by Gasteiger charge is 2.26. The molecule has 1 aliphatic heterocycles. The molecule has 3 rings (SSSR count). The Labute approximate surface area is 204 Å². The van der Waals surface area contributed by atoms with E-state index in [1.165, 1.54) is 61.9 Å². The van der Waals surface area contributed by atoms with E-state index in [2.05, 4.69) is 5.32 Å². The number of hydrogen-bond acceptors (Lipinski definition) is 8. The Morgan fingerprint density at radius 3 is 2.37 bits per heavy atom. The highest BCUT2D eigenvalue weighted by atomic mass is 32.2. The summed E-state index contributed by atoms with van der Waals surface area (Å²) in [4.78, 5) is 24.8. The van der Waals surface area contributed by atoms with Crippen LogP contribution in [0.25, 0.3) is 6.08 Å². The van der Waals surface area contributed by atoms with Crippen molar-refractivity contribution in [1.82, 2.24) is 4.31 Å². The second kappa shape index (κ2) is 11.8. The maximum absolute atomic E-state index is 12.7. The van der Waals surface area contributed by atoms with Gasteiger partial charge in [-0.15, -0.1) is 0 Å². The zero-order valence-corrected chi connectivity index (χ0v) is 20.5. The predicted octanol–water partition coefficient (Wildman–Crippen LogP) is 2.31. The normalized spacial score (nSPS) is 15.4. The Morgan fingerprint density at radius 2 is 1.74 bits per heavy atom. The molecule has 10 nitrogen and oxygen atoms in total. The molecule has 11 heteroatoms. The fraction of sp³-hybridized carbons (Fsp3) is 0.333. The van der Waals surface area contributed by atoms with Crippen LogP contribution in [0, 0.1) is 0 Å². The number of carbonyl (C=O) groups excluding carboxylic acids is 2. The molecule has 2 aromatic rings. The fourth-order valence-corrected chi connectivity index (χ4v) is 4.69. The molecule has 0 saturated carbocycles. The van der Waals surface area contributed by atoms with E-state index >= 15 is 0 Å². The van der Waals surface area contributed by atoms with Crippen LogP contribution in [0.15, 0.2) is 53.4 Å². The first-order valence-electron chi connectivity index (χ1n) is 10.8. The summed E-state index contributed by atoms with van der Waals surface area (Å²) in [5, 5.41) is 2.61. The van der Waals surface area contributed by atoms with Crippen LogP contribution in [0.3, 0.4) is 0 Å². The van der Waals surface area contributed by atoms with Crippen molar-refractivity contribution in [2.24, 2.45) is 0 Å². The van der Waals surface area contributed by atoms with E-state index in [9.17, 15) is 18.0 Å². The molecule has 0 spiro atoms. The molecular formula is C24H28N2O8S. The monoisotopic (exact) mass is 504 g/mol. The molecular weight excluding hydrogens is 476 g/mol. The number of ether oxygens (including phenoxy) is 4. The maximum Gasteiger partial charge on any atom is 0.331 e. The quantitative estimate of drug-likeness (QED) is 0.408. The number of morpholine rings is 1. The summed E-state index contributed by atoms with van der Waals surface area (Å²) in [7, 11) is -0.595. The first kappa shape index (κ1) is 26.2. The van der Waals surface area contributed by atoms with Gasteiger partial charge in [0.25, 0.3) is 5.91 Å². The second-order valence-corrected chi connectivity index (χ2v) is 9.49. The van der Waals surface area contributed by atoms with Gasteiger partial charge in [0.15, 0.2) is 6.10 Å². The lowest BCUT2D eigenvalue weighted by Gasteiger charge is -2.26. The summed E-state index contributed by atoms with van der Waals surface area (Å²) in [5.74, 6) is -0.144. The molecule has 1 unspecified atom stereocenters. The van der Waals surface area contributed by atoms with Crippen molar-refractivity contribution in [1.29, 1.82) is 0 Å². The van der Waals surface area contributed by atoms with Crippen LogP contribution in [-0.2, 0) is 29.1 Å². The molecule has 1 N–H and O–H groups in total. The maximum atomic E-state index is 12.7. The molecule has 1 atom stereocenters. The Kier molecular flexibility index (Phi) is 8.85. The van der Waals surface area contributed by atoms with Gasteiger partial charge in [-0.2, -0.15) is 4.31 Å². The Balaban J connectivity index is 1.57. The molecule has 1 saturated heterocycles. The first-order valence-corrected chi connectivity index (χ1v) is 12.3. The van der Waals surface area contributed by atoms with E-state index in [-0.39, 0.29) is 4.90 Å². The van der Waals surface area contributed by atoms with E-state index in [4.69, 9.17) is 18.9 Å². The number of rotatable bonds is 9. The molecule has 1 amide bonds. The Bertz CT molecular complexity index is 1170. The van der Waals surface area contributed by atoms with Crippen LogP contribution in [0.4, 0.5) is 5.69 Å².